The van der Waals surface area contributed by atoms with Crippen LogP contribution in [0.3, 0.4) is 0 Å². The van der Waals surface area contributed by atoms with Gasteiger partial charge in [0.1, 0.15) is 22.3 Å². The molecule has 0 fully saturated rings. The van der Waals surface area contributed by atoms with Crippen LogP contribution >= 0.6 is 0 Å². The van der Waals surface area contributed by atoms with Gasteiger partial charge in [0.2, 0.25) is 5.95 Å². The van der Waals surface area contributed by atoms with Gasteiger partial charge < -0.3 is 4.55 Å². The molecule has 0 saturated carbocycles. The molecule has 0 N–H and O–H groups in total. The molecule has 1 atom stereocenters. The Balaban J connectivity index is 2.87. The molecule has 5 heteroatoms. The average Bonchev–Trinajstić information content (AvgIpc) is 2.24. The summed E-state index contributed by atoms with van der Waals surface area (Å²) in [6.07, 6.45) is 1.36. The zero-order chi connectivity index (χ0) is 13.9. The lowest BCUT2D eigenvalue weighted by Gasteiger charge is -2.17. The van der Waals surface area contributed by atoms with E-state index in [1.54, 1.807) is 12.1 Å². The molecule has 0 radical (unpaired) electrons. The lowest BCUT2D eigenvalue weighted by molar-refractivity contribution is 0.555. The Morgan fingerprint density at radius 1 is 1.39 bits per heavy atom. The number of aromatic nitrogens is 1. The molecule has 1 rings (SSSR count). The summed E-state index contributed by atoms with van der Waals surface area (Å²) < 4.78 is 28.8. The molecular formula is C13H19FN2OS. The minimum atomic E-state index is -1.35. The highest BCUT2D eigenvalue weighted by Crippen LogP contribution is 2.18. The van der Waals surface area contributed by atoms with E-state index in [1.807, 2.05) is 34.6 Å². The van der Waals surface area contributed by atoms with E-state index in [9.17, 15) is 8.94 Å². The highest BCUT2D eigenvalue weighted by molar-refractivity contribution is 7.91. The molecule has 0 saturated heterocycles. The minimum absolute atomic E-state index is 0.0900. The number of rotatable bonds is 3. The molecule has 0 aliphatic carbocycles. The zero-order valence-corrected chi connectivity index (χ0v) is 12.2. The Morgan fingerprint density at radius 3 is 2.44 bits per heavy atom. The van der Waals surface area contributed by atoms with Crippen molar-refractivity contribution in [2.24, 2.45) is 4.40 Å². The van der Waals surface area contributed by atoms with Crippen LogP contribution in [0.4, 0.5) is 4.39 Å². The van der Waals surface area contributed by atoms with Gasteiger partial charge in [-0.25, -0.2) is 4.98 Å². The minimum Gasteiger partial charge on any atom is -0.591 e. The predicted octanol–water partition coefficient (Wildman–Crippen LogP) is 3.23. The second-order valence-corrected chi connectivity index (χ2v) is 7.30. The molecule has 0 aliphatic heterocycles. The van der Waals surface area contributed by atoms with Crippen molar-refractivity contribution in [1.29, 1.82) is 0 Å². The smallest absolute Gasteiger partial charge is 0.216 e. The number of hydrogen-bond acceptors (Lipinski definition) is 3. The lowest BCUT2D eigenvalue weighted by Crippen LogP contribution is -2.25. The summed E-state index contributed by atoms with van der Waals surface area (Å²) in [4.78, 5) is 3.80. The van der Waals surface area contributed by atoms with Crippen molar-refractivity contribution < 1.29 is 8.94 Å². The fourth-order valence-corrected chi connectivity index (χ4v) is 1.74. The molecule has 0 amide bonds. The van der Waals surface area contributed by atoms with E-state index >= 15 is 0 Å². The first-order chi connectivity index (χ1) is 8.21. The van der Waals surface area contributed by atoms with Gasteiger partial charge in [-0.05, 0) is 32.8 Å². The monoisotopic (exact) mass is 270 g/mol. The predicted molar refractivity (Wildman–Crippen MR) is 73.8 cm³/mol. The molecule has 1 unspecified atom stereocenters. The van der Waals surface area contributed by atoms with E-state index < -0.39 is 22.1 Å². The van der Waals surface area contributed by atoms with Crippen molar-refractivity contribution in [2.45, 2.75) is 45.3 Å². The third kappa shape index (κ3) is 4.07. The average molecular weight is 270 g/mol. The van der Waals surface area contributed by atoms with Crippen LogP contribution in [0.5, 0.6) is 0 Å². The van der Waals surface area contributed by atoms with E-state index in [-0.39, 0.29) is 5.92 Å². The molecule has 1 heterocycles. The molecule has 0 bridgehead atoms. The highest BCUT2D eigenvalue weighted by atomic mass is 32.2. The molecule has 0 aliphatic rings. The van der Waals surface area contributed by atoms with Gasteiger partial charge in [-0.2, -0.15) is 4.39 Å². The maximum atomic E-state index is 13.6. The normalized spacial score (nSPS) is 14.4. The lowest BCUT2D eigenvalue weighted by atomic mass is 10.1. The SMILES string of the molecule is CC(C)c1ccc(C=N[S+]([O-])C(C)(C)C)nc1F. The van der Waals surface area contributed by atoms with Gasteiger partial charge in [-0.15, -0.1) is 0 Å². The van der Waals surface area contributed by atoms with Crippen molar-refractivity contribution in [3.8, 4) is 0 Å². The third-order valence-electron chi connectivity index (χ3n) is 2.33. The molecule has 0 spiro atoms. The van der Waals surface area contributed by atoms with E-state index in [0.29, 0.717) is 11.3 Å². The van der Waals surface area contributed by atoms with Crippen LogP contribution in [-0.4, -0.2) is 20.5 Å². The van der Waals surface area contributed by atoms with Gasteiger partial charge in [0.15, 0.2) is 0 Å². The topological polar surface area (TPSA) is 48.3 Å². The van der Waals surface area contributed by atoms with E-state index in [2.05, 4.69) is 9.38 Å². The first kappa shape index (κ1) is 15.1. The molecule has 0 aromatic carbocycles. The van der Waals surface area contributed by atoms with Crippen LogP contribution in [0.1, 0.15) is 51.8 Å². The van der Waals surface area contributed by atoms with Gasteiger partial charge in [0.25, 0.3) is 0 Å². The summed E-state index contributed by atoms with van der Waals surface area (Å²) in [6, 6.07) is 3.37. The molecule has 100 valence electrons. The summed E-state index contributed by atoms with van der Waals surface area (Å²) in [5, 5.41) is 0. The Morgan fingerprint density at radius 2 is 2.00 bits per heavy atom. The maximum absolute atomic E-state index is 13.6. The van der Waals surface area contributed by atoms with Crippen molar-refractivity contribution in [3.05, 3.63) is 29.3 Å². The second kappa shape index (κ2) is 5.80. The summed E-state index contributed by atoms with van der Waals surface area (Å²) >= 11 is -1.35. The van der Waals surface area contributed by atoms with Gasteiger partial charge in [0, 0.05) is 5.56 Å². The fraction of sp³-hybridized carbons (Fsp3) is 0.538. The second-order valence-electron chi connectivity index (χ2n) is 5.37. The fourth-order valence-electron chi connectivity index (χ4n) is 1.22. The largest absolute Gasteiger partial charge is 0.591 e. The van der Waals surface area contributed by atoms with Crippen molar-refractivity contribution in [2.75, 3.05) is 0 Å². The molecule has 3 nitrogen and oxygen atoms in total. The van der Waals surface area contributed by atoms with Crippen LogP contribution in [0.25, 0.3) is 0 Å². The third-order valence-corrected chi connectivity index (χ3v) is 3.67. The Bertz CT molecular complexity index is 441. The molecule has 18 heavy (non-hydrogen) atoms. The Labute approximate surface area is 111 Å². The first-order valence-electron chi connectivity index (χ1n) is 5.84. The Hall–Kier alpha value is -0.940. The van der Waals surface area contributed by atoms with Crippen molar-refractivity contribution in [1.82, 2.24) is 4.98 Å². The maximum Gasteiger partial charge on any atom is 0.216 e. The molecule has 1 aromatic rings. The summed E-state index contributed by atoms with van der Waals surface area (Å²) in [7, 11) is 0. The molecular weight excluding hydrogens is 251 g/mol. The van der Waals surface area contributed by atoms with Crippen LogP contribution in [0, 0.1) is 5.95 Å². The molecule has 1 aromatic heterocycles. The van der Waals surface area contributed by atoms with Crippen LogP contribution < -0.4 is 0 Å². The van der Waals surface area contributed by atoms with Gasteiger partial charge >= 0.3 is 0 Å². The van der Waals surface area contributed by atoms with Gasteiger partial charge in [0.05, 0.1) is 5.69 Å². The highest BCUT2D eigenvalue weighted by Gasteiger charge is 2.25. The van der Waals surface area contributed by atoms with E-state index in [4.69, 9.17) is 0 Å². The van der Waals surface area contributed by atoms with Crippen LogP contribution in [0.15, 0.2) is 16.5 Å². The quantitative estimate of drug-likeness (QED) is 0.481. The number of hydrogen-bond donors (Lipinski definition) is 0. The number of halogens is 1. The summed E-state index contributed by atoms with van der Waals surface area (Å²) in [5.41, 5.74) is 0.957. The number of nitrogens with zero attached hydrogens (tertiary/aromatic N) is 2. The standard InChI is InChI=1S/C13H19FN2OS/c1-9(2)11-7-6-10(16-12(11)14)8-15-18(17)13(3,4)5/h6-9H,1-5H3. The van der Waals surface area contributed by atoms with E-state index in [0.717, 1.165) is 0 Å². The van der Waals surface area contributed by atoms with Gasteiger partial charge in [-0.1, -0.05) is 24.3 Å². The van der Waals surface area contributed by atoms with Crippen LogP contribution in [-0.2, 0) is 11.4 Å². The van der Waals surface area contributed by atoms with Gasteiger partial charge in [-0.3, -0.25) is 0 Å². The number of pyridine rings is 1. The zero-order valence-electron chi connectivity index (χ0n) is 11.4. The van der Waals surface area contributed by atoms with E-state index in [1.165, 1.54) is 6.21 Å². The summed E-state index contributed by atoms with van der Waals surface area (Å²) in [6.45, 7) is 9.30. The van der Waals surface area contributed by atoms with Crippen LogP contribution in [0.2, 0.25) is 0 Å². The Kier molecular flexibility index (Phi) is 4.87. The van der Waals surface area contributed by atoms with Crippen molar-refractivity contribution >= 4 is 17.6 Å². The summed E-state index contributed by atoms with van der Waals surface area (Å²) in [5.74, 6) is -0.400. The first-order valence-corrected chi connectivity index (χ1v) is 6.95. The van der Waals surface area contributed by atoms with Crippen molar-refractivity contribution in [3.63, 3.8) is 0 Å².